The van der Waals surface area contributed by atoms with E-state index in [0.29, 0.717) is 11.3 Å². The highest BCUT2D eigenvalue weighted by molar-refractivity contribution is 5.97. The van der Waals surface area contributed by atoms with Crippen molar-refractivity contribution in [2.45, 2.75) is 26.4 Å². The van der Waals surface area contributed by atoms with Gasteiger partial charge in [0, 0.05) is 18.1 Å². The Morgan fingerprint density at radius 1 is 1.10 bits per heavy atom. The number of benzene rings is 2. The van der Waals surface area contributed by atoms with Gasteiger partial charge in [-0.15, -0.1) is 0 Å². The predicted molar refractivity (Wildman–Crippen MR) is 76.6 cm³/mol. The monoisotopic (exact) mass is 290 g/mol. The summed E-state index contributed by atoms with van der Waals surface area (Å²) in [4.78, 5) is 12.1. The van der Waals surface area contributed by atoms with E-state index in [4.69, 9.17) is 4.74 Å². The Bertz CT molecular complexity index is 634. The molecule has 0 aromatic heterocycles. The number of ether oxygens (including phenoxy) is 1. The first-order valence-electron chi connectivity index (χ1n) is 6.69. The molecule has 0 heterocycles. The van der Waals surface area contributed by atoms with Crippen molar-refractivity contribution in [1.82, 2.24) is 0 Å². The van der Waals surface area contributed by atoms with Crippen LogP contribution in [0, 0.1) is 11.6 Å². The molecule has 2 aromatic carbocycles. The van der Waals surface area contributed by atoms with Crippen molar-refractivity contribution in [2.75, 3.05) is 0 Å². The summed E-state index contributed by atoms with van der Waals surface area (Å²) in [6.07, 6.45) is -0.0453. The van der Waals surface area contributed by atoms with Crippen molar-refractivity contribution < 1.29 is 18.3 Å². The Labute approximate surface area is 122 Å². The molecule has 0 atom stereocenters. The zero-order chi connectivity index (χ0) is 15.4. The zero-order valence-electron chi connectivity index (χ0n) is 11.9. The lowest BCUT2D eigenvalue weighted by molar-refractivity contribution is 0.0991. The van der Waals surface area contributed by atoms with E-state index in [2.05, 4.69) is 0 Å². The van der Waals surface area contributed by atoms with Crippen molar-refractivity contribution in [3.63, 3.8) is 0 Å². The first kappa shape index (κ1) is 15.2. The van der Waals surface area contributed by atoms with E-state index in [-0.39, 0.29) is 23.9 Å². The molecule has 0 amide bonds. The van der Waals surface area contributed by atoms with Gasteiger partial charge in [-0.1, -0.05) is 6.07 Å². The molecule has 0 spiro atoms. The second-order valence-corrected chi connectivity index (χ2v) is 5.03. The average molecular weight is 290 g/mol. The lowest BCUT2D eigenvalue weighted by Crippen LogP contribution is -2.07. The molecule has 2 nitrogen and oxygen atoms in total. The molecule has 21 heavy (non-hydrogen) atoms. The molecule has 0 saturated heterocycles. The first-order chi connectivity index (χ1) is 9.95. The van der Waals surface area contributed by atoms with Crippen LogP contribution in [0.5, 0.6) is 5.75 Å². The average Bonchev–Trinajstić information content (AvgIpc) is 2.42. The Morgan fingerprint density at radius 2 is 1.76 bits per heavy atom. The largest absolute Gasteiger partial charge is 0.491 e. The summed E-state index contributed by atoms with van der Waals surface area (Å²) in [6, 6.07) is 9.90. The molecule has 0 N–H and O–H groups in total. The van der Waals surface area contributed by atoms with Crippen LogP contribution in [0.4, 0.5) is 8.78 Å². The van der Waals surface area contributed by atoms with Crippen LogP contribution in [-0.2, 0) is 6.42 Å². The van der Waals surface area contributed by atoms with Crippen LogP contribution in [0.3, 0.4) is 0 Å². The highest BCUT2D eigenvalue weighted by Gasteiger charge is 2.11. The quantitative estimate of drug-likeness (QED) is 0.772. The molecule has 0 unspecified atom stereocenters. The molecule has 0 aliphatic heterocycles. The van der Waals surface area contributed by atoms with Crippen LogP contribution in [0.1, 0.15) is 29.8 Å². The SMILES string of the molecule is CC(C)Oc1ccc(C(=O)Cc2ccc(F)cc2F)cc1. The molecule has 0 bridgehead atoms. The Kier molecular flexibility index (Phi) is 4.68. The number of carbonyl (C=O) groups is 1. The maximum Gasteiger partial charge on any atom is 0.167 e. The van der Waals surface area contributed by atoms with Crippen LogP contribution in [0.15, 0.2) is 42.5 Å². The molecule has 0 saturated carbocycles. The van der Waals surface area contributed by atoms with Crippen molar-refractivity contribution in [3.05, 3.63) is 65.2 Å². The molecular weight excluding hydrogens is 274 g/mol. The summed E-state index contributed by atoms with van der Waals surface area (Å²) in [5.41, 5.74) is 0.652. The number of rotatable bonds is 5. The predicted octanol–water partition coefficient (Wildman–Crippen LogP) is 4.18. The molecule has 2 rings (SSSR count). The lowest BCUT2D eigenvalue weighted by atomic mass is 10.0. The van der Waals surface area contributed by atoms with Gasteiger partial charge in [0.05, 0.1) is 6.10 Å². The topological polar surface area (TPSA) is 26.3 Å². The smallest absolute Gasteiger partial charge is 0.167 e. The third-order valence-corrected chi connectivity index (χ3v) is 2.91. The summed E-state index contributed by atoms with van der Waals surface area (Å²) in [5, 5.41) is 0. The number of Topliss-reactive ketones (excluding diaryl/α,β-unsaturated/α-hetero) is 1. The van der Waals surface area contributed by atoms with Gasteiger partial charge in [-0.3, -0.25) is 4.79 Å². The molecule has 0 fully saturated rings. The number of hydrogen-bond donors (Lipinski definition) is 0. The minimum absolute atomic E-state index is 0.0554. The van der Waals surface area contributed by atoms with Gasteiger partial charge in [0.15, 0.2) is 5.78 Å². The molecule has 4 heteroatoms. The molecule has 0 aliphatic rings. The van der Waals surface area contributed by atoms with Crippen molar-refractivity contribution >= 4 is 5.78 Å². The minimum Gasteiger partial charge on any atom is -0.491 e. The maximum absolute atomic E-state index is 13.5. The number of carbonyl (C=O) groups excluding carboxylic acids is 1. The first-order valence-corrected chi connectivity index (χ1v) is 6.69. The molecule has 0 radical (unpaired) electrons. The summed E-state index contributed by atoms with van der Waals surface area (Å²) in [6.45, 7) is 3.83. The van der Waals surface area contributed by atoms with Gasteiger partial charge < -0.3 is 4.74 Å². The van der Waals surface area contributed by atoms with E-state index >= 15 is 0 Å². The lowest BCUT2D eigenvalue weighted by Gasteiger charge is -2.10. The van der Waals surface area contributed by atoms with E-state index in [1.54, 1.807) is 24.3 Å². The number of hydrogen-bond acceptors (Lipinski definition) is 2. The summed E-state index contributed by atoms with van der Waals surface area (Å²) >= 11 is 0. The fraction of sp³-hybridized carbons (Fsp3) is 0.235. The fourth-order valence-electron chi connectivity index (χ4n) is 1.93. The van der Waals surface area contributed by atoms with Gasteiger partial charge >= 0.3 is 0 Å². The molecule has 110 valence electrons. The minimum atomic E-state index is -0.705. The second kappa shape index (κ2) is 6.48. The van der Waals surface area contributed by atoms with E-state index in [1.165, 1.54) is 6.07 Å². The van der Waals surface area contributed by atoms with Gasteiger partial charge in [-0.05, 0) is 49.7 Å². The van der Waals surface area contributed by atoms with Crippen molar-refractivity contribution in [3.8, 4) is 5.75 Å². The molecular formula is C17H16F2O2. The van der Waals surface area contributed by atoms with Crippen molar-refractivity contribution in [2.24, 2.45) is 0 Å². The second-order valence-electron chi connectivity index (χ2n) is 5.03. The zero-order valence-corrected chi connectivity index (χ0v) is 11.9. The highest BCUT2D eigenvalue weighted by atomic mass is 19.1. The third kappa shape index (κ3) is 4.12. The Hall–Kier alpha value is -2.23. The number of halogens is 2. The van der Waals surface area contributed by atoms with Gasteiger partial charge in [0.25, 0.3) is 0 Å². The Balaban J connectivity index is 2.09. The molecule has 2 aromatic rings. The van der Waals surface area contributed by atoms with E-state index in [9.17, 15) is 13.6 Å². The summed E-state index contributed by atoms with van der Waals surface area (Å²) in [7, 11) is 0. The molecule has 0 aliphatic carbocycles. The van der Waals surface area contributed by atoms with Crippen LogP contribution in [0.2, 0.25) is 0 Å². The van der Waals surface area contributed by atoms with Gasteiger partial charge in [-0.2, -0.15) is 0 Å². The summed E-state index contributed by atoms with van der Waals surface area (Å²) in [5.74, 6) is -0.909. The highest BCUT2D eigenvalue weighted by Crippen LogP contribution is 2.17. The van der Waals surface area contributed by atoms with E-state index in [0.717, 1.165) is 12.1 Å². The standard InChI is InChI=1S/C17H16F2O2/c1-11(2)21-15-7-4-12(5-8-15)17(20)9-13-3-6-14(18)10-16(13)19/h3-8,10-11H,9H2,1-2H3. The Morgan fingerprint density at radius 3 is 2.33 bits per heavy atom. The van der Waals surface area contributed by atoms with Crippen molar-refractivity contribution in [1.29, 1.82) is 0 Å². The fourth-order valence-corrected chi connectivity index (χ4v) is 1.93. The van der Waals surface area contributed by atoms with E-state index < -0.39 is 11.6 Å². The normalized spacial score (nSPS) is 10.7. The van der Waals surface area contributed by atoms with Crippen LogP contribution >= 0.6 is 0 Å². The van der Waals surface area contributed by atoms with Gasteiger partial charge in [0.2, 0.25) is 0 Å². The maximum atomic E-state index is 13.5. The van der Waals surface area contributed by atoms with Gasteiger partial charge in [0.1, 0.15) is 17.4 Å². The van der Waals surface area contributed by atoms with Crippen LogP contribution in [0.25, 0.3) is 0 Å². The van der Waals surface area contributed by atoms with Crippen LogP contribution in [-0.4, -0.2) is 11.9 Å². The number of ketones is 1. The van der Waals surface area contributed by atoms with E-state index in [1.807, 2.05) is 13.8 Å². The third-order valence-electron chi connectivity index (χ3n) is 2.91. The van der Waals surface area contributed by atoms with Gasteiger partial charge in [-0.25, -0.2) is 8.78 Å². The summed E-state index contributed by atoms with van der Waals surface area (Å²) < 4.78 is 31.8. The van der Waals surface area contributed by atoms with Crippen LogP contribution < -0.4 is 4.74 Å².